The van der Waals surface area contributed by atoms with Gasteiger partial charge in [0.2, 0.25) is 11.8 Å². The van der Waals surface area contributed by atoms with E-state index in [0.29, 0.717) is 32.4 Å². The first-order valence-electron chi connectivity index (χ1n) is 8.77. The molecule has 0 saturated carbocycles. The van der Waals surface area contributed by atoms with Gasteiger partial charge in [-0.3, -0.25) is 14.4 Å². The average Bonchev–Trinajstić information content (AvgIpc) is 3.13. The van der Waals surface area contributed by atoms with Gasteiger partial charge in [0, 0.05) is 25.6 Å². The van der Waals surface area contributed by atoms with Gasteiger partial charge in [0.15, 0.2) is 0 Å². The zero-order chi connectivity index (χ0) is 18.1. The predicted molar refractivity (Wildman–Crippen MR) is 91.7 cm³/mol. The Morgan fingerprint density at radius 1 is 1.20 bits per heavy atom. The third kappa shape index (κ3) is 3.38. The summed E-state index contributed by atoms with van der Waals surface area (Å²) in [4.78, 5) is 39.8. The molecule has 1 N–H and O–H groups in total. The molecule has 2 saturated heterocycles. The summed E-state index contributed by atoms with van der Waals surface area (Å²) in [6, 6.07) is 7.12. The standard InChI is InChI=1S/C19H24N2O4/c1-12-3-5-14(6-4-12)11-21-16(7-8-17(21)22)18(23)20-10-9-15(13(20)2)19(24)25/h3-6,13,15-16H,7-11H2,1-2H3,(H,24,25). The maximum atomic E-state index is 13.0. The highest BCUT2D eigenvalue weighted by atomic mass is 16.4. The highest BCUT2D eigenvalue weighted by Crippen LogP contribution is 2.29. The van der Waals surface area contributed by atoms with Crippen molar-refractivity contribution in [2.75, 3.05) is 6.54 Å². The number of carbonyl (C=O) groups is 3. The van der Waals surface area contributed by atoms with E-state index in [-0.39, 0.29) is 17.9 Å². The third-order valence-electron chi connectivity index (χ3n) is 5.44. The lowest BCUT2D eigenvalue weighted by Crippen LogP contribution is -2.48. The molecule has 0 bridgehead atoms. The largest absolute Gasteiger partial charge is 0.481 e. The third-order valence-corrected chi connectivity index (χ3v) is 5.44. The first-order chi connectivity index (χ1) is 11.9. The summed E-state index contributed by atoms with van der Waals surface area (Å²) < 4.78 is 0. The van der Waals surface area contributed by atoms with E-state index in [1.807, 2.05) is 31.2 Å². The van der Waals surface area contributed by atoms with Crippen molar-refractivity contribution in [2.24, 2.45) is 5.92 Å². The SMILES string of the molecule is Cc1ccc(CN2C(=O)CCC2C(=O)N2CCC(C(=O)O)C2C)cc1. The molecule has 2 aliphatic rings. The molecule has 134 valence electrons. The predicted octanol–water partition coefficient (Wildman–Crippen LogP) is 1.81. The quantitative estimate of drug-likeness (QED) is 0.903. The summed E-state index contributed by atoms with van der Waals surface area (Å²) in [6.45, 7) is 4.65. The molecule has 2 heterocycles. The molecule has 0 radical (unpaired) electrons. The molecule has 0 spiro atoms. The highest BCUT2D eigenvalue weighted by molar-refractivity contribution is 5.91. The van der Waals surface area contributed by atoms with Crippen molar-refractivity contribution >= 4 is 17.8 Å². The minimum absolute atomic E-state index is 0.0134. The molecule has 6 heteroatoms. The Hall–Kier alpha value is -2.37. The van der Waals surface area contributed by atoms with Crippen molar-refractivity contribution in [3.63, 3.8) is 0 Å². The summed E-state index contributed by atoms with van der Waals surface area (Å²) in [5, 5.41) is 9.26. The fraction of sp³-hybridized carbons (Fsp3) is 0.526. The second-order valence-corrected chi connectivity index (χ2v) is 7.07. The molecule has 2 amide bonds. The molecule has 0 aliphatic carbocycles. The molecule has 3 rings (SSSR count). The number of hydrogen-bond donors (Lipinski definition) is 1. The lowest BCUT2D eigenvalue weighted by atomic mass is 10.0. The van der Waals surface area contributed by atoms with E-state index in [1.165, 1.54) is 0 Å². The van der Waals surface area contributed by atoms with Crippen LogP contribution in [0, 0.1) is 12.8 Å². The number of amides is 2. The van der Waals surface area contributed by atoms with Crippen LogP contribution in [-0.2, 0) is 20.9 Å². The number of benzene rings is 1. The van der Waals surface area contributed by atoms with Crippen LogP contribution in [0.2, 0.25) is 0 Å². The van der Waals surface area contributed by atoms with E-state index < -0.39 is 17.9 Å². The molecule has 3 atom stereocenters. The van der Waals surface area contributed by atoms with Crippen molar-refractivity contribution in [2.45, 2.75) is 51.7 Å². The molecule has 1 aromatic carbocycles. The van der Waals surface area contributed by atoms with Gasteiger partial charge in [-0.2, -0.15) is 0 Å². The molecule has 25 heavy (non-hydrogen) atoms. The van der Waals surface area contributed by atoms with Gasteiger partial charge >= 0.3 is 5.97 Å². The van der Waals surface area contributed by atoms with Crippen LogP contribution in [0.1, 0.15) is 37.3 Å². The number of carboxylic acid groups (broad SMARTS) is 1. The Morgan fingerprint density at radius 2 is 1.88 bits per heavy atom. The molecule has 2 aliphatic heterocycles. The summed E-state index contributed by atoms with van der Waals surface area (Å²) in [5.74, 6) is -1.51. The number of likely N-dealkylation sites (tertiary alicyclic amines) is 2. The molecule has 0 aromatic heterocycles. The van der Waals surface area contributed by atoms with Gasteiger partial charge in [0.1, 0.15) is 6.04 Å². The van der Waals surface area contributed by atoms with E-state index in [4.69, 9.17) is 0 Å². The number of aliphatic carboxylic acids is 1. The monoisotopic (exact) mass is 344 g/mol. The molecule has 3 unspecified atom stereocenters. The molecule has 2 fully saturated rings. The first kappa shape index (κ1) is 17.5. The van der Waals surface area contributed by atoms with Gasteiger partial charge in [-0.25, -0.2) is 0 Å². The zero-order valence-electron chi connectivity index (χ0n) is 14.6. The van der Waals surface area contributed by atoms with E-state index in [0.717, 1.165) is 11.1 Å². The molecule has 1 aromatic rings. The second kappa shape index (κ2) is 6.86. The number of carboxylic acids is 1. The van der Waals surface area contributed by atoms with Crippen LogP contribution in [0.5, 0.6) is 0 Å². The average molecular weight is 344 g/mol. The summed E-state index contributed by atoms with van der Waals surface area (Å²) in [6.07, 6.45) is 1.35. The number of hydrogen-bond acceptors (Lipinski definition) is 3. The maximum Gasteiger partial charge on any atom is 0.308 e. The minimum atomic E-state index is -0.859. The normalized spacial score (nSPS) is 26.3. The first-order valence-corrected chi connectivity index (χ1v) is 8.77. The molecular formula is C19H24N2O4. The van der Waals surface area contributed by atoms with Crippen molar-refractivity contribution in [3.05, 3.63) is 35.4 Å². The Kier molecular flexibility index (Phi) is 4.79. The Bertz CT molecular complexity index is 685. The fourth-order valence-electron chi connectivity index (χ4n) is 3.85. The number of nitrogens with zero attached hydrogens (tertiary/aromatic N) is 2. The second-order valence-electron chi connectivity index (χ2n) is 7.07. The summed E-state index contributed by atoms with van der Waals surface area (Å²) in [5.41, 5.74) is 2.14. The van der Waals surface area contributed by atoms with Crippen LogP contribution in [0.4, 0.5) is 0 Å². The zero-order valence-corrected chi connectivity index (χ0v) is 14.6. The van der Waals surface area contributed by atoms with E-state index >= 15 is 0 Å². The highest BCUT2D eigenvalue weighted by Gasteiger charge is 2.44. The smallest absolute Gasteiger partial charge is 0.308 e. The van der Waals surface area contributed by atoms with Crippen LogP contribution >= 0.6 is 0 Å². The Balaban J connectivity index is 1.74. The number of rotatable bonds is 4. The number of aryl methyl sites for hydroxylation is 1. The van der Waals surface area contributed by atoms with Crippen LogP contribution < -0.4 is 0 Å². The van der Waals surface area contributed by atoms with E-state index in [2.05, 4.69) is 0 Å². The number of carbonyl (C=O) groups excluding carboxylic acids is 2. The van der Waals surface area contributed by atoms with Gasteiger partial charge in [-0.1, -0.05) is 29.8 Å². The summed E-state index contributed by atoms with van der Waals surface area (Å²) in [7, 11) is 0. The van der Waals surface area contributed by atoms with Crippen molar-refractivity contribution in [1.82, 2.24) is 9.80 Å². The van der Waals surface area contributed by atoms with Gasteiger partial charge in [0.25, 0.3) is 0 Å². The van der Waals surface area contributed by atoms with E-state index in [9.17, 15) is 19.5 Å². The Morgan fingerprint density at radius 3 is 2.48 bits per heavy atom. The van der Waals surface area contributed by atoms with Crippen LogP contribution in [0.15, 0.2) is 24.3 Å². The molecule has 6 nitrogen and oxygen atoms in total. The summed E-state index contributed by atoms with van der Waals surface area (Å²) >= 11 is 0. The van der Waals surface area contributed by atoms with Gasteiger partial charge in [-0.05, 0) is 32.3 Å². The van der Waals surface area contributed by atoms with Crippen LogP contribution in [0.3, 0.4) is 0 Å². The van der Waals surface area contributed by atoms with Crippen molar-refractivity contribution < 1.29 is 19.5 Å². The van der Waals surface area contributed by atoms with Crippen LogP contribution in [-0.4, -0.2) is 51.3 Å². The van der Waals surface area contributed by atoms with Crippen molar-refractivity contribution in [1.29, 1.82) is 0 Å². The van der Waals surface area contributed by atoms with Gasteiger partial charge in [-0.15, -0.1) is 0 Å². The van der Waals surface area contributed by atoms with Gasteiger partial charge < -0.3 is 14.9 Å². The maximum absolute atomic E-state index is 13.0. The topological polar surface area (TPSA) is 77.9 Å². The Labute approximate surface area is 147 Å². The lowest BCUT2D eigenvalue weighted by Gasteiger charge is -2.31. The fourth-order valence-corrected chi connectivity index (χ4v) is 3.85. The van der Waals surface area contributed by atoms with Crippen LogP contribution in [0.25, 0.3) is 0 Å². The van der Waals surface area contributed by atoms with Crippen molar-refractivity contribution in [3.8, 4) is 0 Å². The molecular weight excluding hydrogens is 320 g/mol. The lowest BCUT2D eigenvalue weighted by molar-refractivity contribution is -0.145. The minimum Gasteiger partial charge on any atom is -0.481 e. The van der Waals surface area contributed by atoms with Gasteiger partial charge in [0.05, 0.1) is 5.92 Å². The van der Waals surface area contributed by atoms with E-state index in [1.54, 1.807) is 16.7 Å².